The summed E-state index contributed by atoms with van der Waals surface area (Å²) in [5, 5.41) is 4.02. The van der Waals surface area contributed by atoms with Gasteiger partial charge in [-0.25, -0.2) is 0 Å². The van der Waals surface area contributed by atoms with Crippen molar-refractivity contribution in [1.29, 1.82) is 0 Å². The Morgan fingerprint density at radius 3 is 2.64 bits per heavy atom. The van der Waals surface area contributed by atoms with Gasteiger partial charge in [0.25, 0.3) is 5.91 Å². The van der Waals surface area contributed by atoms with E-state index < -0.39 is 0 Å². The van der Waals surface area contributed by atoms with Crippen LogP contribution in [0.3, 0.4) is 0 Å². The lowest BCUT2D eigenvalue weighted by molar-refractivity contribution is 0.102. The molecule has 1 aromatic heterocycles. The summed E-state index contributed by atoms with van der Waals surface area (Å²) in [4.78, 5) is 16.2. The summed E-state index contributed by atoms with van der Waals surface area (Å²) >= 11 is 3.48. The molecule has 0 saturated carbocycles. The predicted molar refractivity (Wildman–Crippen MR) is 101 cm³/mol. The first-order chi connectivity index (χ1) is 12.0. The molecule has 0 saturated heterocycles. The van der Waals surface area contributed by atoms with Gasteiger partial charge >= 0.3 is 0 Å². The zero-order chi connectivity index (χ0) is 17.6. The molecule has 6 heteroatoms. The van der Waals surface area contributed by atoms with Crippen LogP contribution in [0.4, 0.5) is 5.69 Å². The van der Waals surface area contributed by atoms with Gasteiger partial charge < -0.3 is 19.8 Å². The van der Waals surface area contributed by atoms with Crippen molar-refractivity contribution in [3.63, 3.8) is 0 Å². The summed E-state index contributed by atoms with van der Waals surface area (Å²) in [7, 11) is 0. The normalized spacial score (nSPS) is 13.1. The topological polar surface area (TPSA) is 63.4 Å². The predicted octanol–water partition coefficient (Wildman–Crippen LogP) is 4.57. The number of fused-ring (bicyclic) bond motifs is 2. The lowest BCUT2D eigenvalue weighted by atomic mass is 10.1. The van der Waals surface area contributed by atoms with Gasteiger partial charge in [0.05, 0.1) is 16.8 Å². The minimum Gasteiger partial charge on any atom is -0.486 e. The molecule has 1 aliphatic heterocycles. The van der Waals surface area contributed by atoms with Gasteiger partial charge in [0.2, 0.25) is 0 Å². The third-order valence-corrected chi connectivity index (χ3v) is 5.12. The van der Waals surface area contributed by atoms with E-state index in [2.05, 4.69) is 26.2 Å². The Bertz CT molecular complexity index is 994. The summed E-state index contributed by atoms with van der Waals surface area (Å²) in [5.41, 5.74) is 4.33. The number of carbonyl (C=O) groups is 1. The van der Waals surface area contributed by atoms with Gasteiger partial charge in [-0.05, 0) is 41.4 Å². The van der Waals surface area contributed by atoms with Crippen molar-refractivity contribution in [1.82, 2.24) is 4.98 Å². The molecule has 4 rings (SSSR count). The number of nitrogens with one attached hydrogen (secondary N) is 2. The highest BCUT2D eigenvalue weighted by Gasteiger charge is 2.18. The van der Waals surface area contributed by atoms with Crippen LogP contribution in [0.5, 0.6) is 11.5 Å². The van der Waals surface area contributed by atoms with Crippen molar-refractivity contribution in [3.05, 3.63) is 51.6 Å². The number of para-hydroxylation sites is 1. The summed E-state index contributed by atoms with van der Waals surface area (Å²) < 4.78 is 11.9. The number of aromatic amines is 1. The molecule has 2 N–H and O–H groups in total. The molecule has 1 amide bonds. The van der Waals surface area contributed by atoms with Crippen molar-refractivity contribution in [2.75, 3.05) is 18.5 Å². The number of halogens is 1. The number of H-pyrrole nitrogens is 1. The first kappa shape index (κ1) is 16.0. The van der Waals surface area contributed by atoms with E-state index in [0.29, 0.717) is 36.0 Å². The van der Waals surface area contributed by atoms with Crippen LogP contribution in [0.1, 0.15) is 21.6 Å². The highest BCUT2D eigenvalue weighted by Crippen LogP contribution is 2.38. The van der Waals surface area contributed by atoms with Crippen LogP contribution in [0.25, 0.3) is 10.9 Å². The molecule has 0 spiro atoms. The Kier molecular flexibility index (Phi) is 3.92. The molecule has 25 heavy (non-hydrogen) atoms. The number of aromatic nitrogens is 1. The van der Waals surface area contributed by atoms with Crippen LogP contribution in [-0.4, -0.2) is 24.1 Å². The SMILES string of the molecule is Cc1[nH]c2c(C(=O)Nc3cc4c(cc3Br)OCCO4)cccc2c1C. The number of anilines is 1. The molecule has 1 aliphatic rings. The van der Waals surface area contributed by atoms with Crippen LogP contribution < -0.4 is 14.8 Å². The van der Waals surface area contributed by atoms with E-state index >= 15 is 0 Å². The Morgan fingerprint density at radius 1 is 1.16 bits per heavy atom. The lowest BCUT2D eigenvalue weighted by Gasteiger charge is -2.20. The Hall–Kier alpha value is -2.47. The van der Waals surface area contributed by atoms with Crippen LogP contribution in [0, 0.1) is 13.8 Å². The van der Waals surface area contributed by atoms with Gasteiger partial charge in [-0.1, -0.05) is 12.1 Å². The second-order valence-corrected chi connectivity index (χ2v) is 6.89. The molecule has 0 radical (unpaired) electrons. The quantitative estimate of drug-likeness (QED) is 0.661. The van der Waals surface area contributed by atoms with Crippen molar-refractivity contribution in [2.24, 2.45) is 0 Å². The lowest BCUT2D eigenvalue weighted by Crippen LogP contribution is -2.17. The van der Waals surface area contributed by atoms with Crippen molar-refractivity contribution in [2.45, 2.75) is 13.8 Å². The zero-order valence-electron chi connectivity index (χ0n) is 13.9. The molecular weight excluding hydrogens is 384 g/mol. The molecule has 2 aromatic carbocycles. The largest absolute Gasteiger partial charge is 0.486 e. The molecule has 0 aliphatic carbocycles. The zero-order valence-corrected chi connectivity index (χ0v) is 15.5. The number of amides is 1. The number of benzene rings is 2. The summed E-state index contributed by atoms with van der Waals surface area (Å²) in [6.45, 7) is 5.09. The van der Waals surface area contributed by atoms with Crippen LogP contribution in [0.2, 0.25) is 0 Å². The smallest absolute Gasteiger partial charge is 0.257 e. The summed E-state index contributed by atoms with van der Waals surface area (Å²) in [5.74, 6) is 1.13. The first-order valence-corrected chi connectivity index (χ1v) is 8.82. The Morgan fingerprint density at radius 2 is 1.88 bits per heavy atom. The van der Waals surface area contributed by atoms with Gasteiger partial charge in [0.15, 0.2) is 11.5 Å². The summed E-state index contributed by atoms with van der Waals surface area (Å²) in [6.07, 6.45) is 0. The first-order valence-electron chi connectivity index (χ1n) is 8.03. The standard InChI is InChI=1S/C19H17BrN2O3/c1-10-11(2)21-18-12(10)4-3-5-13(18)19(23)22-15-9-17-16(8-14(15)20)24-6-7-25-17/h3-5,8-9,21H,6-7H2,1-2H3,(H,22,23). The van der Waals surface area contributed by atoms with Gasteiger partial charge in [-0.3, -0.25) is 4.79 Å². The van der Waals surface area contributed by atoms with E-state index in [-0.39, 0.29) is 5.91 Å². The van der Waals surface area contributed by atoms with E-state index in [4.69, 9.17) is 9.47 Å². The number of carbonyl (C=O) groups excluding carboxylic acids is 1. The maximum absolute atomic E-state index is 12.8. The van der Waals surface area contributed by atoms with E-state index in [9.17, 15) is 4.79 Å². The fourth-order valence-electron chi connectivity index (χ4n) is 3.02. The van der Waals surface area contributed by atoms with Gasteiger partial charge in [-0.15, -0.1) is 0 Å². The van der Waals surface area contributed by atoms with E-state index in [0.717, 1.165) is 26.6 Å². The molecule has 2 heterocycles. The van der Waals surface area contributed by atoms with Crippen LogP contribution in [0.15, 0.2) is 34.8 Å². The van der Waals surface area contributed by atoms with Crippen LogP contribution in [-0.2, 0) is 0 Å². The molecule has 0 fully saturated rings. The van der Waals surface area contributed by atoms with Gasteiger partial charge in [0, 0.05) is 27.7 Å². The number of hydrogen-bond donors (Lipinski definition) is 2. The fraction of sp³-hybridized carbons (Fsp3) is 0.211. The minimum atomic E-state index is -0.177. The third-order valence-electron chi connectivity index (χ3n) is 4.47. The van der Waals surface area contributed by atoms with Crippen LogP contribution >= 0.6 is 15.9 Å². The molecular formula is C19H17BrN2O3. The van der Waals surface area contributed by atoms with Gasteiger partial charge in [-0.2, -0.15) is 0 Å². The minimum absolute atomic E-state index is 0.177. The summed E-state index contributed by atoms with van der Waals surface area (Å²) in [6, 6.07) is 9.33. The Labute approximate surface area is 153 Å². The second kappa shape index (κ2) is 6.11. The average Bonchev–Trinajstić information content (AvgIpc) is 2.90. The van der Waals surface area contributed by atoms with E-state index in [1.807, 2.05) is 38.1 Å². The number of hydrogen-bond acceptors (Lipinski definition) is 3. The highest BCUT2D eigenvalue weighted by atomic mass is 79.9. The second-order valence-electron chi connectivity index (χ2n) is 6.03. The Balaban J connectivity index is 1.70. The third kappa shape index (κ3) is 2.76. The monoisotopic (exact) mass is 400 g/mol. The number of ether oxygens (including phenoxy) is 2. The molecule has 128 valence electrons. The van der Waals surface area contributed by atoms with E-state index in [1.54, 1.807) is 6.07 Å². The molecule has 0 unspecified atom stereocenters. The molecule has 0 bridgehead atoms. The maximum Gasteiger partial charge on any atom is 0.257 e. The number of aryl methyl sites for hydroxylation is 2. The maximum atomic E-state index is 12.8. The fourth-order valence-corrected chi connectivity index (χ4v) is 3.44. The van der Waals surface area contributed by atoms with E-state index in [1.165, 1.54) is 0 Å². The van der Waals surface area contributed by atoms with Crippen molar-refractivity contribution < 1.29 is 14.3 Å². The average molecular weight is 401 g/mol. The van der Waals surface area contributed by atoms with Crippen molar-refractivity contribution >= 4 is 38.4 Å². The van der Waals surface area contributed by atoms with Crippen molar-refractivity contribution in [3.8, 4) is 11.5 Å². The molecule has 3 aromatic rings. The highest BCUT2D eigenvalue weighted by molar-refractivity contribution is 9.10. The molecule has 0 atom stereocenters. The number of rotatable bonds is 2. The molecule has 5 nitrogen and oxygen atoms in total. The van der Waals surface area contributed by atoms with Gasteiger partial charge in [0.1, 0.15) is 13.2 Å².